The second-order valence-corrected chi connectivity index (χ2v) is 9.14. The Morgan fingerprint density at radius 1 is 1.03 bits per heavy atom. The number of rotatable bonds is 8. The zero-order valence-corrected chi connectivity index (χ0v) is 21.1. The Balaban J connectivity index is 1.25. The zero-order valence-electron chi connectivity index (χ0n) is 21.1. The van der Waals surface area contributed by atoms with Crippen LogP contribution < -0.4 is 16.6 Å². The van der Waals surface area contributed by atoms with Gasteiger partial charge in [0.1, 0.15) is 0 Å². The number of hydrogen-bond acceptors (Lipinski definition) is 6. The maximum absolute atomic E-state index is 12.7. The molecule has 0 unspecified atom stereocenters. The van der Waals surface area contributed by atoms with Gasteiger partial charge in [0.15, 0.2) is 11.2 Å². The van der Waals surface area contributed by atoms with E-state index in [2.05, 4.69) is 22.1 Å². The summed E-state index contributed by atoms with van der Waals surface area (Å²) in [5, 5.41) is 3.00. The van der Waals surface area contributed by atoms with Gasteiger partial charge < -0.3 is 14.8 Å². The van der Waals surface area contributed by atoms with Crippen LogP contribution in [0.15, 0.2) is 40.2 Å². The summed E-state index contributed by atoms with van der Waals surface area (Å²) in [6.07, 6.45) is 3.29. The Morgan fingerprint density at radius 3 is 2.47 bits per heavy atom. The summed E-state index contributed by atoms with van der Waals surface area (Å²) in [7, 11) is 3.02. The maximum Gasteiger partial charge on any atom is 0.332 e. The second kappa shape index (κ2) is 10.9. The quantitative estimate of drug-likeness (QED) is 0.488. The molecule has 3 heterocycles. The van der Waals surface area contributed by atoms with Crippen LogP contribution in [0.5, 0.6) is 0 Å². The molecule has 0 aliphatic carbocycles. The van der Waals surface area contributed by atoms with Crippen LogP contribution in [0.2, 0.25) is 0 Å². The molecule has 1 N–H and O–H groups in total. The summed E-state index contributed by atoms with van der Waals surface area (Å²) in [6, 6.07) is 7.80. The van der Waals surface area contributed by atoms with Gasteiger partial charge in [-0.05, 0) is 24.5 Å². The van der Waals surface area contributed by atoms with E-state index in [1.165, 1.54) is 11.6 Å². The summed E-state index contributed by atoms with van der Waals surface area (Å²) in [5.41, 5.74) is 1.85. The molecule has 1 fully saturated rings. The van der Waals surface area contributed by atoms with E-state index in [0.717, 1.165) is 22.2 Å². The number of para-hydroxylation sites is 1. The maximum atomic E-state index is 12.7. The van der Waals surface area contributed by atoms with Crippen molar-refractivity contribution in [1.82, 2.24) is 28.5 Å². The highest BCUT2D eigenvalue weighted by atomic mass is 16.2. The van der Waals surface area contributed by atoms with Gasteiger partial charge in [-0.15, -0.1) is 0 Å². The highest BCUT2D eigenvalue weighted by Crippen LogP contribution is 2.15. The van der Waals surface area contributed by atoms with Gasteiger partial charge >= 0.3 is 5.69 Å². The SMILES string of the molecule is CCc1ccccc1NC(=O)CN1CCN(C(=O)CCCn2cnc3c2c(=O)n(C)c(=O)n3C)CC1. The number of piperazine rings is 1. The smallest absolute Gasteiger partial charge is 0.332 e. The first-order chi connectivity index (χ1) is 17.3. The third-order valence-corrected chi connectivity index (χ3v) is 6.77. The van der Waals surface area contributed by atoms with E-state index >= 15 is 0 Å². The average Bonchev–Trinajstić information content (AvgIpc) is 3.31. The highest BCUT2D eigenvalue weighted by Gasteiger charge is 2.22. The number of anilines is 1. The number of aryl methyl sites for hydroxylation is 3. The molecule has 1 aliphatic heterocycles. The van der Waals surface area contributed by atoms with Crippen molar-refractivity contribution >= 4 is 28.7 Å². The number of nitrogens with one attached hydrogen (secondary N) is 1. The number of benzene rings is 1. The van der Waals surface area contributed by atoms with Crippen LogP contribution in [0.25, 0.3) is 11.2 Å². The fraction of sp³-hybridized carbons (Fsp3) is 0.480. The Labute approximate surface area is 208 Å². The zero-order chi connectivity index (χ0) is 25.8. The van der Waals surface area contributed by atoms with E-state index in [-0.39, 0.29) is 11.8 Å². The van der Waals surface area contributed by atoms with Crippen LogP contribution in [0, 0.1) is 0 Å². The van der Waals surface area contributed by atoms with Crippen molar-refractivity contribution in [1.29, 1.82) is 0 Å². The van der Waals surface area contributed by atoms with Crippen molar-refractivity contribution in [2.45, 2.75) is 32.7 Å². The molecule has 1 aromatic carbocycles. The number of carbonyl (C=O) groups is 2. The number of amides is 2. The monoisotopic (exact) mass is 495 g/mol. The molecule has 0 radical (unpaired) electrons. The summed E-state index contributed by atoms with van der Waals surface area (Å²) >= 11 is 0. The minimum absolute atomic E-state index is 0.0492. The Hall–Kier alpha value is -3.73. The summed E-state index contributed by atoms with van der Waals surface area (Å²) in [5.74, 6) is 0.00701. The first-order valence-electron chi connectivity index (χ1n) is 12.3. The summed E-state index contributed by atoms with van der Waals surface area (Å²) < 4.78 is 4.12. The van der Waals surface area contributed by atoms with Gasteiger partial charge in [-0.1, -0.05) is 25.1 Å². The number of fused-ring (bicyclic) bond motifs is 1. The van der Waals surface area contributed by atoms with E-state index in [1.807, 2.05) is 29.2 Å². The fourth-order valence-corrected chi connectivity index (χ4v) is 4.62. The molecule has 2 amide bonds. The normalized spacial score (nSPS) is 14.4. The van der Waals surface area contributed by atoms with E-state index in [1.54, 1.807) is 17.9 Å². The molecule has 36 heavy (non-hydrogen) atoms. The topological polar surface area (TPSA) is 114 Å². The molecule has 11 nitrogen and oxygen atoms in total. The van der Waals surface area contributed by atoms with Crippen molar-refractivity contribution < 1.29 is 9.59 Å². The fourth-order valence-electron chi connectivity index (χ4n) is 4.62. The molecule has 3 aromatic rings. The van der Waals surface area contributed by atoms with Crippen molar-refractivity contribution in [3.63, 3.8) is 0 Å². The minimum Gasteiger partial charge on any atom is -0.340 e. The molecular formula is C25H33N7O4. The molecule has 1 aliphatic rings. The number of imidazole rings is 1. The van der Waals surface area contributed by atoms with Gasteiger partial charge in [-0.2, -0.15) is 0 Å². The summed E-state index contributed by atoms with van der Waals surface area (Å²) in [6.45, 7) is 5.25. The molecule has 0 atom stereocenters. The van der Waals surface area contributed by atoms with Crippen molar-refractivity contribution in [2.75, 3.05) is 38.0 Å². The minimum atomic E-state index is -0.421. The van der Waals surface area contributed by atoms with Gasteiger partial charge in [-0.25, -0.2) is 9.78 Å². The third-order valence-electron chi connectivity index (χ3n) is 6.77. The first-order valence-corrected chi connectivity index (χ1v) is 12.3. The lowest BCUT2D eigenvalue weighted by atomic mass is 10.1. The van der Waals surface area contributed by atoms with Crippen LogP contribution in [0.1, 0.15) is 25.3 Å². The number of nitrogens with zero attached hydrogens (tertiary/aromatic N) is 6. The lowest BCUT2D eigenvalue weighted by Crippen LogP contribution is -2.50. The van der Waals surface area contributed by atoms with Gasteiger partial charge in [0.2, 0.25) is 11.8 Å². The average molecular weight is 496 g/mol. The number of carbonyl (C=O) groups excluding carboxylic acids is 2. The molecule has 0 bridgehead atoms. The highest BCUT2D eigenvalue weighted by molar-refractivity contribution is 5.93. The van der Waals surface area contributed by atoms with E-state index in [0.29, 0.717) is 63.3 Å². The number of hydrogen-bond donors (Lipinski definition) is 1. The lowest BCUT2D eigenvalue weighted by Gasteiger charge is -2.34. The first kappa shape index (κ1) is 25.4. The second-order valence-electron chi connectivity index (χ2n) is 9.14. The van der Waals surface area contributed by atoms with E-state index in [9.17, 15) is 19.2 Å². The van der Waals surface area contributed by atoms with Crippen LogP contribution >= 0.6 is 0 Å². The van der Waals surface area contributed by atoms with E-state index in [4.69, 9.17) is 0 Å². The van der Waals surface area contributed by atoms with Crippen molar-refractivity contribution in [3.05, 3.63) is 57.0 Å². The largest absolute Gasteiger partial charge is 0.340 e. The van der Waals surface area contributed by atoms with Crippen LogP contribution in [-0.2, 0) is 36.6 Å². The van der Waals surface area contributed by atoms with Gasteiger partial charge in [0, 0.05) is 58.9 Å². The number of aromatic nitrogens is 4. The molecule has 2 aromatic heterocycles. The van der Waals surface area contributed by atoms with Crippen LogP contribution in [0.3, 0.4) is 0 Å². The molecule has 0 saturated carbocycles. The Morgan fingerprint density at radius 2 is 1.75 bits per heavy atom. The molecule has 11 heteroatoms. The van der Waals surface area contributed by atoms with Crippen molar-refractivity contribution in [3.8, 4) is 0 Å². The van der Waals surface area contributed by atoms with Crippen LogP contribution in [0.4, 0.5) is 5.69 Å². The van der Waals surface area contributed by atoms with Gasteiger partial charge in [0.05, 0.1) is 12.9 Å². The molecule has 1 saturated heterocycles. The molecule has 192 valence electrons. The lowest BCUT2D eigenvalue weighted by molar-refractivity contribution is -0.133. The van der Waals surface area contributed by atoms with Gasteiger partial charge in [-0.3, -0.25) is 28.4 Å². The Kier molecular flexibility index (Phi) is 7.68. The molecule has 4 rings (SSSR count). The third kappa shape index (κ3) is 5.25. The predicted molar refractivity (Wildman–Crippen MR) is 137 cm³/mol. The summed E-state index contributed by atoms with van der Waals surface area (Å²) in [4.78, 5) is 58.0. The Bertz CT molecular complexity index is 1380. The predicted octanol–water partition coefficient (Wildman–Crippen LogP) is 0.559. The standard InChI is InChI=1S/C25H33N7O4/c1-4-18-8-5-6-9-19(18)27-20(33)16-30-12-14-31(15-13-30)21(34)10-7-11-32-17-26-23-22(32)24(35)29(3)25(36)28(23)2/h5-6,8-9,17H,4,7,10-16H2,1-3H3,(H,27,33). The van der Waals surface area contributed by atoms with E-state index < -0.39 is 11.2 Å². The molecular weight excluding hydrogens is 462 g/mol. The van der Waals surface area contributed by atoms with Crippen LogP contribution in [-0.4, -0.2) is 73.0 Å². The van der Waals surface area contributed by atoms with Gasteiger partial charge in [0.25, 0.3) is 5.56 Å². The van der Waals surface area contributed by atoms with Crippen molar-refractivity contribution in [2.24, 2.45) is 14.1 Å². The molecule has 0 spiro atoms.